The first-order valence-electron chi connectivity index (χ1n) is 9.38. The molecule has 4 heteroatoms. The fourth-order valence-electron chi connectivity index (χ4n) is 2.91. The van der Waals surface area contributed by atoms with Gasteiger partial charge in [0.2, 0.25) is 0 Å². The molecule has 0 aliphatic carbocycles. The van der Waals surface area contributed by atoms with Crippen LogP contribution in [0.15, 0.2) is 53.7 Å². The Labute approximate surface area is 162 Å². The zero-order valence-corrected chi connectivity index (χ0v) is 16.8. The highest BCUT2D eigenvalue weighted by Gasteiger charge is 2.06. The van der Waals surface area contributed by atoms with Crippen molar-refractivity contribution in [2.75, 3.05) is 25.6 Å². The monoisotopic (exact) mass is 366 g/mol. The molecule has 0 saturated heterocycles. The summed E-state index contributed by atoms with van der Waals surface area (Å²) in [6, 6.07) is 12.6. The number of anilines is 1. The highest BCUT2D eigenvalue weighted by Crippen LogP contribution is 2.27. The molecule has 2 rings (SSSR count). The summed E-state index contributed by atoms with van der Waals surface area (Å²) >= 11 is 0. The Bertz CT molecular complexity index is 741. The van der Waals surface area contributed by atoms with Crippen LogP contribution in [0.2, 0.25) is 0 Å². The number of oxime groups is 1. The van der Waals surface area contributed by atoms with Crippen molar-refractivity contribution >= 4 is 11.9 Å². The second kappa shape index (κ2) is 11.1. The van der Waals surface area contributed by atoms with E-state index in [1.807, 2.05) is 25.1 Å². The lowest BCUT2D eigenvalue weighted by Gasteiger charge is -2.15. The van der Waals surface area contributed by atoms with Gasteiger partial charge in [-0.25, -0.2) is 0 Å². The van der Waals surface area contributed by atoms with Gasteiger partial charge >= 0.3 is 0 Å². The summed E-state index contributed by atoms with van der Waals surface area (Å²) < 4.78 is 6.07. The average molecular weight is 367 g/mol. The molecule has 0 heterocycles. The number of ether oxygens (including phenoxy) is 1. The number of rotatable bonds is 10. The Morgan fingerprint density at radius 3 is 2.41 bits per heavy atom. The van der Waals surface area contributed by atoms with Crippen molar-refractivity contribution in [1.29, 1.82) is 0 Å². The fourth-order valence-corrected chi connectivity index (χ4v) is 2.91. The number of allylic oxidation sites excluding steroid dienone is 1. The molecule has 0 bridgehead atoms. The molecule has 0 aliphatic heterocycles. The molecule has 0 aliphatic rings. The first kappa shape index (κ1) is 20.6. The van der Waals surface area contributed by atoms with Crippen LogP contribution in [0, 0.1) is 13.8 Å². The Kier molecular flexibility index (Phi) is 8.43. The zero-order chi connectivity index (χ0) is 19.5. The normalized spacial score (nSPS) is 11.3. The van der Waals surface area contributed by atoms with Crippen LogP contribution in [0.1, 0.15) is 35.6 Å². The van der Waals surface area contributed by atoms with E-state index in [-0.39, 0.29) is 0 Å². The lowest BCUT2D eigenvalue weighted by molar-refractivity contribution is 0.215. The Balaban J connectivity index is 1.83. The summed E-state index contributed by atoms with van der Waals surface area (Å²) in [5.41, 5.74) is 5.79. The smallest absolute Gasteiger partial charge is 0.125 e. The zero-order valence-electron chi connectivity index (χ0n) is 16.8. The second-order valence-electron chi connectivity index (χ2n) is 6.50. The van der Waals surface area contributed by atoms with Crippen molar-refractivity contribution in [3.8, 4) is 5.75 Å². The molecular weight excluding hydrogens is 336 g/mol. The molecule has 0 amide bonds. The minimum absolute atomic E-state index is 0.708. The highest BCUT2D eigenvalue weighted by molar-refractivity contribution is 5.79. The summed E-state index contributed by atoms with van der Waals surface area (Å²) in [5, 5.41) is 7.17. The van der Waals surface area contributed by atoms with Gasteiger partial charge in [-0.05, 0) is 68.0 Å². The van der Waals surface area contributed by atoms with E-state index < -0.39 is 0 Å². The van der Waals surface area contributed by atoms with E-state index in [9.17, 15) is 0 Å². The molecule has 4 nitrogen and oxygen atoms in total. The first-order chi connectivity index (χ1) is 13.1. The van der Waals surface area contributed by atoms with Crippen LogP contribution in [0.25, 0.3) is 0 Å². The number of hydrogen-bond acceptors (Lipinski definition) is 4. The maximum absolute atomic E-state index is 6.07. The molecule has 0 fully saturated rings. The van der Waals surface area contributed by atoms with Crippen LogP contribution in [-0.2, 0) is 11.3 Å². The minimum Gasteiger partial charge on any atom is -0.493 e. The van der Waals surface area contributed by atoms with Crippen molar-refractivity contribution in [1.82, 2.24) is 0 Å². The van der Waals surface area contributed by atoms with Crippen LogP contribution in [0.3, 0.4) is 0 Å². The van der Waals surface area contributed by atoms with Gasteiger partial charge in [0.1, 0.15) is 12.9 Å². The van der Waals surface area contributed by atoms with Crippen molar-refractivity contribution in [2.24, 2.45) is 5.16 Å². The second-order valence-corrected chi connectivity index (χ2v) is 6.50. The standard InChI is InChI=1S/C23H30N2O2/c1-5-6-13-24-22-15-18(2)23(19(3)16-22)27-14-7-8-20-9-11-21(12-10-20)17-25-26-4/h5-6,9-12,15-17,24H,7-8,13-14H2,1-4H3/b6-5+,25-17+. The van der Waals surface area contributed by atoms with Gasteiger partial charge in [-0.2, -0.15) is 0 Å². The van der Waals surface area contributed by atoms with Crippen LogP contribution < -0.4 is 10.1 Å². The maximum Gasteiger partial charge on any atom is 0.125 e. The number of aryl methyl sites for hydroxylation is 3. The van der Waals surface area contributed by atoms with Crippen molar-refractivity contribution < 1.29 is 9.57 Å². The van der Waals surface area contributed by atoms with Gasteiger partial charge in [0, 0.05) is 12.2 Å². The largest absolute Gasteiger partial charge is 0.493 e. The predicted octanol–water partition coefficient (Wildman–Crippen LogP) is 5.28. The van der Waals surface area contributed by atoms with E-state index in [0.29, 0.717) is 6.61 Å². The molecule has 0 aromatic heterocycles. The van der Waals surface area contributed by atoms with E-state index in [1.165, 1.54) is 16.7 Å². The molecule has 27 heavy (non-hydrogen) atoms. The van der Waals surface area contributed by atoms with Gasteiger partial charge in [0.25, 0.3) is 0 Å². The lowest BCUT2D eigenvalue weighted by Crippen LogP contribution is -2.04. The summed E-state index contributed by atoms with van der Waals surface area (Å²) in [6.45, 7) is 7.78. The highest BCUT2D eigenvalue weighted by atomic mass is 16.6. The summed E-state index contributed by atoms with van der Waals surface area (Å²) in [5.74, 6) is 0.998. The van der Waals surface area contributed by atoms with Crippen LogP contribution in [0.4, 0.5) is 5.69 Å². The number of benzene rings is 2. The molecular formula is C23H30N2O2. The Hall–Kier alpha value is -2.75. The van der Waals surface area contributed by atoms with Gasteiger partial charge < -0.3 is 14.9 Å². The molecule has 2 aromatic rings. The van der Waals surface area contributed by atoms with Crippen LogP contribution in [-0.4, -0.2) is 26.5 Å². The number of hydrogen-bond donors (Lipinski definition) is 1. The molecule has 1 N–H and O–H groups in total. The summed E-state index contributed by atoms with van der Waals surface area (Å²) in [7, 11) is 1.54. The quantitative estimate of drug-likeness (QED) is 0.269. The molecule has 0 radical (unpaired) electrons. The molecule has 0 saturated carbocycles. The van der Waals surface area contributed by atoms with E-state index in [4.69, 9.17) is 9.57 Å². The van der Waals surface area contributed by atoms with Gasteiger partial charge in [-0.15, -0.1) is 0 Å². The van der Waals surface area contributed by atoms with Gasteiger partial charge in [-0.3, -0.25) is 0 Å². The van der Waals surface area contributed by atoms with Crippen molar-refractivity contribution in [3.63, 3.8) is 0 Å². The first-order valence-corrected chi connectivity index (χ1v) is 9.38. The molecule has 2 aromatic carbocycles. The van der Waals surface area contributed by atoms with Gasteiger partial charge in [0.15, 0.2) is 0 Å². The summed E-state index contributed by atoms with van der Waals surface area (Å²) in [6.07, 6.45) is 7.82. The van der Waals surface area contributed by atoms with Gasteiger partial charge in [-0.1, -0.05) is 41.6 Å². The topological polar surface area (TPSA) is 42.8 Å². The molecule has 144 valence electrons. The Morgan fingerprint density at radius 1 is 1.07 bits per heavy atom. The number of nitrogens with one attached hydrogen (secondary N) is 1. The lowest BCUT2D eigenvalue weighted by atomic mass is 10.1. The molecule has 0 unspecified atom stereocenters. The van der Waals surface area contributed by atoms with Crippen molar-refractivity contribution in [2.45, 2.75) is 33.6 Å². The SMILES string of the molecule is C/C=C/CNc1cc(C)c(OCCCc2ccc(/C=N/OC)cc2)c(C)c1. The third-order valence-corrected chi connectivity index (χ3v) is 4.26. The van der Waals surface area contributed by atoms with E-state index in [2.05, 4.69) is 54.7 Å². The van der Waals surface area contributed by atoms with Gasteiger partial charge in [0.05, 0.1) is 12.8 Å². The minimum atomic E-state index is 0.708. The van der Waals surface area contributed by atoms with E-state index in [0.717, 1.165) is 36.4 Å². The van der Waals surface area contributed by atoms with E-state index >= 15 is 0 Å². The number of nitrogens with zero attached hydrogens (tertiary/aromatic N) is 1. The van der Waals surface area contributed by atoms with Crippen molar-refractivity contribution in [3.05, 3.63) is 70.8 Å². The third kappa shape index (κ3) is 6.81. The summed E-state index contributed by atoms with van der Waals surface area (Å²) in [4.78, 5) is 4.69. The predicted molar refractivity (Wildman–Crippen MR) is 114 cm³/mol. The Morgan fingerprint density at radius 2 is 1.78 bits per heavy atom. The fraction of sp³-hybridized carbons (Fsp3) is 0.348. The van der Waals surface area contributed by atoms with Crippen LogP contribution in [0.5, 0.6) is 5.75 Å². The average Bonchev–Trinajstić information content (AvgIpc) is 2.66. The molecule has 0 atom stereocenters. The third-order valence-electron chi connectivity index (χ3n) is 4.26. The maximum atomic E-state index is 6.07. The van der Waals surface area contributed by atoms with E-state index in [1.54, 1.807) is 13.3 Å². The van der Waals surface area contributed by atoms with Crippen LogP contribution >= 0.6 is 0 Å². The molecule has 0 spiro atoms.